The molecule has 0 unspecified atom stereocenters. The summed E-state index contributed by atoms with van der Waals surface area (Å²) in [6, 6.07) is 4.51. The number of hydrogen-bond acceptors (Lipinski definition) is 3. The van der Waals surface area contributed by atoms with Crippen LogP contribution in [0, 0.1) is 5.82 Å². The number of sulfonamides is 1. The quantitative estimate of drug-likeness (QED) is 0.853. The van der Waals surface area contributed by atoms with Crippen molar-refractivity contribution in [1.29, 1.82) is 0 Å². The van der Waals surface area contributed by atoms with Crippen LogP contribution in [0.5, 0.6) is 0 Å². The Morgan fingerprint density at radius 1 is 1.39 bits per heavy atom. The molecule has 1 aliphatic rings. The highest BCUT2D eigenvalue weighted by Gasteiger charge is 2.27. The fourth-order valence-electron chi connectivity index (χ4n) is 2.53. The van der Waals surface area contributed by atoms with E-state index < -0.39 is 15.8 Å². The van der Waals surface area contributed by atoms with Gasteiger partial charge in [-0.15, -0.1) is 0 Å². The van der Waals surface area contributed by atoms with E-state index in [-0.39, 0.29) is 16.8 Å². The topological polar surface area (TPSA) is 66.5 Å². The van der Waals surface area contributed by atoms with Gasteiger partial charge in [0.25, 0.3) is 0 Å². The second-order valence-corrected chi connectivity index (χ2v) is 7.64. The van der Waals surface area contributed by atoms with Gasteiger partial charge in [0.1, 0.15) is 5.82 Å². The zero-order valence-electron chi connectivity index (χ0n) is 13.3. The molecule has 0 spiro atoms. The first kappa shape index (κ1) is 17.6. The molecule has 1 amide bonds. The Balaban J connectivity index is 2.08. The smallest absolute Gasteiger partial charge is 0.246 e. The van der Waals surface area contributed by atoms with Crippen LogP contribution in [0.25, 0.3) is 0 Å². The Morgan fingerprint density at radius 3 is 2.78 bits per heavy atom. The van der Waals surface area contributed by atoms with Gasteiger partial charge < -0.3 is 4.90 Å². The van der Waals surface area contributed by atoms with Crippen LogP contribution in [0.3, 0.4) is 0 Å². The Morgan fingerprint density at radius 2 is 2.13 bits per heavy atom. The summed E-state index contributed by atoms with van der Waals surface area (Å²) in [5.74, 6) is -0.712. The van der Waals surface area contributed by atoms with E-state index in [2.05, 4.69) is 4.72 Å². The molecule has 0 aliphatic carbocycles. The third kappa shape index (κ3) is 4.87. The van der Waals surface area contributed by atoms with E-state index in [9.17, 15) is 17.6 Å². The fourth-order valence-corrected chi connectivity index (χ4v) is 3.83. The summed E-state index contributed by atoms with van der Waals surface area (Å²) in [6.07, 6.45) is 2.91. The predicted octanol–water partition coefficient (Wildman–Crippen LogP) is 2.06. The summed E-state index contributed by atoms with van der Waals surface area (Å²) in [5, 5.41) is 0. The van der Waals surface area contributed by atoms with Crippen LogP contribution in [0.1, 0.15) is 26.7 Å². The van der Waals surface area contributed by atoms with Crippen LogP contribution in [0.15, 0.2) is 40.8 Å². The Labute approximate surface area is 136 Å². The van der Waals surface area contributed by atoms with Crippen molar-refractivity contribution in [3.8, 4) is 0 Å². The van der Waals surface area contributed by atoms with Crippen LogP contribution in [-0.2, 0) is 14.8 Å². The first-order valence-electron chi connectivity index (χ1n) is 7.49. The van der Waals surface area contributed by atoms with E-state index in [4.69, 9.17) is 0 Å². The number of likely N-dealkylation sites (tertiary alicyclic amines) is 1. The molecule has 1 heterocycles. The lowest BCUT2D eigenvalue weighted by molar-refractivity contribution is -0.127. The number of amides is 1. The molecule has 1 aromatic carbocycles. The van der Waals surface area contributed by atoms with Crippen LogP contribution in [0.2, 0.25) is 0 Å². The van der Waals surface area contributed by atoms with E-state index in [0.29, 0.717) is 19.5 Å². The van der Waals surface area contributed by atoms with Gasteiger partial charge in [0, 0.05) is 25.2 Å². The van der Waals surface area contributed by atoms with Gasteiger partial charge in [0.15, 0.2) is 0 Å². The minimum absolute atomic E-state index is 0.106. The molecular weight excluding hydrogens is 319 g/mol. The second-order valence-electron chi connectivity index (χ2n) is 5.92. The minimum Gasteiger partial charge on any atom is -0.338 e. The van der Waals surface area contributed by atoms with Gasteiger partial charge in [-0.05, 0) is 44.9 Å². The van der Waals surface area contributed by atoms with E-state index in [1.807, 2.05) is 13.8 Å². The number of halogens is 1. The van der Waals surface area contributed by atoms with E-state index in [1.54, 1.807) is 11.0 Å². The number of nitrogens with zero attached hydrogens (tertiary/aromatic N) is 1. The molecule has 0 aromatic heterocycles. The van der Waals surface area contributed by atoms with Gasteiger partial charge in [0.2, 0.25) is 15.9 Å². The molecule has 1 aromatic rings. The zero-order chi connectivity index (χ0) is 17.0. The van der Waals surface area contributed by atoms with Crippen molar-refractivity contribution in [3.05, 3.63) is 41.7 Å². The summed E-state index contributed by atoms with van der Waals surface area (Å²) in [7, 11) is -3.80. The number of hydrogen-bond donors (Lipinski definition) is 1. The van der Waals surface area contributed by atoms with Gasteiger partial charge in [-0.1, -0.05) is 11.6 Å². The van der Waals surface area contributed by atoms with Crippen LogP contribution >= 0.6 is 0 Å². The van der Waals surface area contributed by atoms with Crippen molar-refractivity contribution in [2.75, 3.05) is 13.1 Å². The molecule has 0 saturated carbocycles. The van der Waals surface area contributed by atoms with Gasteiger partial charge in [-0.25, -0.2) is 17.5 Å². The highest BCUT2D eigenvalue weighted by molar-refractivity contribution is 7.89. The molecule has 7 heteroatoms. The number of allylic oxidation sites excluding steroid dienone is 1. The summed E-state index contributed by atoms with van der Waals surface area (Å²) in [6.45, 7) is 4.61. The second kappa shape index (κ2) is 7.23. The van der Waals surface area contributed by atoms with E-state index >= 15 is 0 Å². The normalized spacial score (nSPS) is 18.6. The van der Waals surface area contributed by atoms with Crippen molar-refractivity contribution in [2.45, 2.75) is 37.6 Å². The number of nitrogens with one attached hydrogen (secondary N) is 1. The Kier molecular flexibility index (Phi) is 5.54. The van der Waals surface area contributed by atoms with Gasteiger partial charge in [-0.3, -0.25) is 4.79 Å². The highest BCUT2D eigenvalue weighted by Crippen LogP contribution is 2.16. The molecule has 1 N–H and O–H groups in total. The molecule has 1 fully saturated rings. The average molecular weight is 340 g/mol. The minimum atomic E-state index is -3.80. The molecule has 126 valence electrons. The number of carbonyl (C=O) groups is 1. The molecule has 1 atom stereocenters. The molecule has 1 saturated heterocycles. The standard InChI is InChI=1S/C16H21FN2O3S/c1-12(2)9-16(20)19-8-4-6-14(11-19)18-23(21,22)15-7-3-5-13(17)10-15/h3,5,7,9-10,14,18H,4,6,8,11H2,1-2H3/t14-/m0/s1. The van der Waals surface area contributed by atoms with Crippen molar-refractivity contribution in [1.82, 2.24) is 9.62 Å². The highest BCUT2D eigenvalue weighted by atomic mass is 32.2. The lowest BCUT2D eigenvalue weighted by Crippen LogP contribution is -2.49. The van der Waals surface area contributed by atoms with Crippen molar-refractivity contribution < 1.29 is 17.6 Å². The third-order valence-corrected chi connectivity index (χ3v) is 5.09. The monoisotopic (exact) mass is 340 g/mol. The maximum Gasteiger partial charge on any atom is 0.246 e. The molecule has 23 heavy (non-hydrogen) atoms. The van der Waals surface area contributed by atoms with Crippen LogP contribution in [-0.4, -0.2) is 38.4 Å². The number of carbonyl (C=O) groups excluding carboxylic acids is 1. The Hall–Kier alpha value is -1.73. The SMILES string of the molecule is CC(C)=CC(=O)N1CCC[C@H](NS(=O)(=O)c2cccc(F)c2)C1. The molecule has 1 aliphatic heterocycles. The Bertz CT molecular complexity index is 712. The molecule has 0 bridgehead atoms. The largest absolute Gasteiger partial charge is 0.338 e. The molecule has 0 radical (unpaired) electrons. The summed E-state index contributed by atoms with van der Waals surface area (Å²) >= 11 is 0. The first-order chi connectivity index (χ1) is 10.8. The van der Waals surface area contributed by atoms with Crippen molar-refractivity contribution >= 4 is 15.9 Å². The molecular formula is C16H21FN2O3S. The fraction of sp³-hybridized carbons (Fsp3) is 0.438. The maximum absolute atomic E-state index is 13.2. The van der Waals surface area contributed by atoms with E-state index in [1.165, 1.54) is 18.2 Å². The number of piperidine rings is 1. The van der Waals surface area contributed by atoms with Crippen molar-refractivity contribution in [3.63, 3.8) is 0 Å². The summed E-state index contributed by atoms with van der Waals surface area (Å²) in [4.78, 5) is 13.6. The van der Waals surface area contributed by atoms with Gasteiger partial charge >= 0.3 is 0 Å². The summed E-state index contributed by atoms with van der Waals surface area (Å²) < 4.78 is 40.4. The number of benzene rings is 1. The first-order valence-corrected chi connectivity index (χ1v) is 8.98. The summed E-state index contributed by atoms with van der Waals surface area (Å²) in [5.41, 5.74) is 0.900. The maximum atomic E-state index is 13.2. The molecule has 2 rings (SSSR count). The zero-order valence-corrected chi connectivity index (χ0v) is 14.1. The van der Waals surface area contributed by atoms with Crippen LogP contribution < -0.4 is 4.72 Å². The van der Waals surface area contributed by atoms with Gasteiger partial charge in [0.05, 0.1) is 4.90 Å². The average Bonchev–Trinajstić information content (AvgIpc) is 2.46. The lowest BCUT2D eigenvalue weighted by atomic mass is 10.1. The third-order valence-electron chi connectivity index (χ3n) is 3.57. The molecule has 5 nitrogen and oxygen atoms in total. The van der Waals surface area contributed by atoms with Gasteiger partial charge in [-0.2, -0.15) is 0 Å². The van der Waals surface area contributed by atoms with Crippen LogP contribution in [0.4, 0.5) is 4.39 Å². The number of rotatable bonds is 4. The van der Waals surface area contributed by atoms with E-state index in [0.717, 1.165) is 18.1 Å². The van der Waals surface area contributed by atoms with Crippen molar-refractivity contribution in [2.24, 2.45) is 0 Å². The lowest BCUT2D eigenvalue weighted by Gasteiger charge is -2.32. The predicted molar refractivity (Wildman–Crippen MR) is 85.8 cm³/mol.